The molecule has 2 N–H and O–H groups in total. The average molecular weight is 397 g/mol. The van der Waals surface area contributed by atoms with Crippen LogP contribution < -0.4 is 4.74 Å². The van der Waals surface area contributed by atoms with E-state index in [-0.39, 0.29) is 11.2 Å². The maximum absolute atomic E-state index is 13.1. The fourth-order valence-electron chi connectivity index (χ4n) is 6.38. The van der Waals surface area contributed by atoms with Crippen molar-refractivity contribution in [2.24, 2.45) is 17.3 Å². The van der Waals surface area contributed by atoms with Crippen LogP contribution >= 0.6 is 0 Å². The van der Waals surface area contributed by atoms with Gasteiger partial charge < -0.3 is 14.9 Å². The van der Waals surface area contributed by atoms with Crippen LogP contribution in [0.4, 0.5) is 4.39 Å². The summed E-state index contributed by atoms with van der Waals surface area (Å²) in [5, 5.41) is 20.9. The van der Waals surface area contributed by atoms with E-state index in [1.54, 1.807) is 12.1 Å². The zero-order valence-electron chi connectivity index (χ0n) is 16.9. The SMILES string of the molecule is C[C@]12CC[C@@H]3c4ccc(OCc5ccc(F)cc5)cc4CC[C@H]3[C@H]1C[C@@H](O)[C@@H]2O. The number of ether oxygens (including phenoxy) is 1. The Morgan fingerprint density at radius 3 is 2.69 bits per heavy atom. The molecule has 3 nitrogen and oxygen atoms in total. The number of aliphatic hydroxyl groups is 2. The molecule has 5 rings (SSSR count). The number of fused-ring (bicyclic) bond motifs is 5. The first-order valence-electron chi connectivity index (χ1n) is 10.8. The van der Waals surface area contributed by atoms with Crippen LogP contribution in [0, 0.1) is 23.1 Å². The van der Waals surface area contributed by atoms with Gasteiger partial charge in [-0.15, -0.1) is 0 Å². The van der Waals surface area contributed by atoms with Gasteiger partial charge in [-0.1, -0.05) is 25.1 Å². The zero-order chi connectivity index (χ0) is 20.2. The molecule has 2 fully saturated rings. The first-order chi connectivity index (χ1) is 14.0. The van der Waals surface area contributed by atoms with Crippen LogP contribution in [-0.2, 0) is 13.0 Å². The van der Waals surface area contributed by atoms with Crippen molar-refractivity contribution in [3.05, 3.63) is 65.0 Å². The molecule has 0 aliphatic heterocycles. The Balaban J connectivity index is 1.33. The normalized spacial score (nSPS) is 35.5. The summed E-state index contributed by atoms with van der Waals surface area (Å²) in [6.45, 7) is 2.61. The van der Waals surface area contributed by atoms with Crippen LogP contribution in [0.25, 0.3) is 0 Å². The highest BCUT2D eigenvalue weighted by Gasteiger charge is 2.57. The molecule has 0 heterocycles. The van der Waals surface area contributed by atoms with E-state index in [0.717, 1.165) is 43.4 Å². The highest BCUT2D eigenvalue weighted by atomic mass is 19.1. The molecule has 0 spiro atoms. The van der Waals surface area contributed by atoms with Gasteiger partial charge in [-0.05, 0) is 96.2 Å². The summed E-state index contributed by atoms with van der Waals surface area (Å²) in [7, 11) is 0. The van der Waals surface area contributed by atoms with Gasteiger partial charge in [0.2, 0.25) is 0 Å². The second kappa shape index (κ2) is 7.10. The molecular formula is C25H29FO3. The minimum atomic E-state index is -0.586. The molecule has 3 aliphatic rings. The molecule has 4 heteroatoms. The summed E-state index contributed by atoms with van der Waals surface area (Å²) < 4.78 is 19.0. The summed E-state index contributed by atoms with van der Waals surface area (Å²) in [6, 6.07) is 12.9. The molecule has 2 saturated carbocycles. The minimum absolute atomic E-state index is 0.143. The van der Waals surface area contributed by atoms with Crippen LogP contribution in [0.2, 0.25) is 0 Å². The van der Waals surface area contributed by atoms with Crippen LogP contribution in [0.15, 0.2) is 42.5 Å². The highest BCUT2D eigenvalue weighted by Crippen LogP contribution is 2.60. The van der Waals surface area contributed by atoms with Crippen molar-refractivity contribution in [1.29, 1.82) is 0 Å². The molecule has 6 atom stereocenters. The van der Waals surface area contributed by atoms with Crippen molar-refractivity contribution in [2.45, 2.75) is 63.8 Å². The lowest BCUT2D eigenvalue weighted by atomic mass is 9.55. The number of aryl methyl sites for hydroxylation is 1. The van der Waals surface area contributed by atoms with Gasteiger partial charge >= 0.3 is 0 Å². The molecule has 154 valence electrons. The van der Waals surface area contributed by atoms with E-state index in [0.29, 0.717) is 24.4 Å². The van der Waals surface area contributed by atoms with Gasteiger partial charge in [0.15, 0.2) is 0 Å². The Bertz CT molecular complexity index is 895. The maximum atomic E-state index is 13.1. The summed E-state index contributed by atoms with van der Waals surface area (Å²) in [6.07, 6.45) is 3.74. The van der Waals surface area contributed by atoms with Crippen molar-refractivity contribution in [2.75, 3.05) is 0 Å². The fourth-order valence-corrected chi connectivity index (χ4v) is 6.38. The Morgan fingerprint density at radius 2 is 1.90 bits per heavy atom. The number of benzene rings is 2. The monoisotopic (exact) mass is 396 g/mol. The van der Waals surface area contributed by atoms with Crippen molar-refractivity contribution < 1.29 is 19.3 Å². The third kappa shape index (κ3) is 3.17. The molecule has 3 aliphatic carbocycles. The minimum Gasteiger partial charge on any atom is -0.489 e. The Kier molecular flexibility index (Phi) is 4.67. The van der Waals surface area contributed by atoms with E-state index in [1.165, 1.54) is 23.3 Å². The summed E-state index contributed by atoms with van der Waals surface area (Å²) in [4.78, 5) is 0. The largest absolute Gasteiger partial charge is 0.489 e. The second-order valence-corrected chi connectivity index (χ2v) is 9.48. The lowest BCUT2D eigenvalue weighted by Crippen LogP contribution is -2.44. The number of hydrogen-bond acceptors (Lipinski definition) is 3. The number of rotatable bonds is 3. The van der Waals surface area contributed by atoms with Crippen molar-refractivity contribution in [1.82, 2.24) is 0 Å². The number of hydrogen-bond donors (Lipinski definition) is 2. The first kappa shape index (κ1) is 19.1. The zero-order valence-corrected chi connectivity index (χ0v) is 16.9. The number of halogens is 1. The Hall–Kier alpha value is -1.91. The Morgan fingerprint density at radius 1 is 1.10 bits per heavy atom. The molecule has 2 aromatic carbocycles. The topological polar surface area (TPSA) is 49.7 Å². The molecule has 0 radical (unpaired) electrons. The smallest absolute Gasteiger partial charge is 0.123 e. The third-order valence-electron chi connectivity index (χ3n) is 7.99. The van der Waals surface area contributed by atoms with Crippen molar-refractivity contribution in [3.8, 4) is 5.75 Å². The van der Waals surface area contributed by atoms with Crippen LogP contribution in [-0.4, -0.2) is 22.4 Å². The number of aliphatic hydroxyl groups excluding tert-OH is 2. The fraction of sp³-hybridized carbons (Fsp3) is 0.520. The standard InChI is InChI=1S/C25H29FO3/c1-25-11-10-20-19-9-7-18(29-14-15-2-5-17(26)6-3-15)12-16(19)4-8-21(20)22(25)13-23(27)24(25)28/h2-3,5-7,9,12,20-24,27-28H,4,8,10-11,13-14H2,1H3/t20-,21-,22-,23-,24+,25+/m1/s1. The van der Waals surface area contributed by atoms with Gasteiger partial charge in [-0.25, -0.2) is 4.39 Å². The molecule has 0 saturated heterocycles. The predicted octanol–water partition coefficient (Wildman–Crippen LogP) is 4.59. The molecular weight excluding hydrogens is 367 g/mol. The summed E-state index contributed by atoms with van der Waals surface area (Å²) >= 11 is 0. The van der Waals surface area contributed by atoms with E-state index in [2.05, 4.69) is 25.1 Å². The van der Waals surface area contributed by atoms with E-state index >= 15 is 0 Å². The third-order valence-corrected chi connectivity index (χ3v) is 7.99. The van der Waals surface area contributed by atoms with Gasteiger partial charge in [-0.3, -0.25) is 0 Å². The highest BCUT2D eigenvalue weighted by molar-refractivity contribution is 5.41. The predicted molar refractivity (Wildman–Crippen MR) is 109 cm³/mol. The molecule has 0 unspecified atom stereocenters. The van der Waals surface area contributed by atoms with E-state index in [1.807, 2.05) is 0 Å². The van der Waals surface area contributed by atoms with E-state index < -0.39 is 12.2 Å². The molecule has 29 heavy (non-hydrogen) atoms. The lowest BCUT2D eigenvalue weighted by molar-refractivity contribution is -0.0505. The van der Waals surface area contributed by atoms with Crippen molar-refractivity contribution in [3.63, 3.8) is 0 Å². The quantitative estimate of drug-likeness (QED) is 0.798. The second-order valence-electron chi connectivity index (χ2n) is 9.48. The maximum Gasteiger partial charge on any atom is 0.123 e. The molecule has 2 aromatic rings. The van der Waals surface area contributed by atoms with Gasteiger partial charge in [0.05, 0.1) is 12.2 Å². The Labute approximate surface area is 171 Å². The van der Waals surface area contributed by atoms with Crippen molar-refractivity contribution >= 4 is 0 Å². The van der Waals surface area contributed by atoms with Crippen LogP contribution in [0.1, 0.15) is 55.2 Å². The molecule has 0 aromatic heterocycles. The first-order valence-corrected chi connectivity index (χ1v) is 10.8. The van der Waals surface area contributed by atoms with E-state index in [4.69, 9.17) is 4.74 Å². The van der Waals surface area contributed by atoms with Gasteiger partial charge in [0, 0.05) is 0 Å². The average Bonchev–Trinajstić information content (AvgIpc) is 2.97. The van der Waals surface area contributed by atoms with Gasteiger partial charge in [0.25, 0.3) is 0 Å². The summed E-state index contributed by atoms with van der Waals surface area (Å²) in [5.41, 5.74) is 3.60. The van der Waals surface area contributed by atoms with Gasteiger partial charge in [0.1, 0.15) is 18.2 Å². The van der Waals surface area contributed by atoms with Gasteiger partial charge in [-0.2, -0.15) is 0 Å². The van der Waals surface area contributed by atoms with E-state index in [9.17, 15) is 14.6 Å². The van der Waals surface area contributed by atoms with Crippen LogP contribution in [0.3, 0.4) is 0 Å². The van der Waals surface area contributed by atoms with Crippen LogP contribution in [0.5, 0.6) is 5.75 Å². The lowest BCUT2D eigenvalue weighted by Gasteiger charge is -2.49. The summed E-state index contributed by atoms with van der Waals surface area (Å²) in [5.74, 6) is 2.08. The molecule has 0 amide bonds. The molecule has 0 bridgehead atoms.